The van der Waals surface area contributed by atoms with Gasteiger partial charge in [-0.15, -0.1) is 0 Å². The molecule has 2 N–H and O–H groups in total. The first-order valence-corrected chi connectivity index (χ1v) is 13.3. The molecule has 0 aromatic heterocycles. The highest BCUT2D eigenvalue weighted by atomic mass is 16.5. The molecular weight excluding hydrogens is 460 g/mol. The van der Waals surface area contributed by atoms with Crippen molar-refractivity contribution in [2.45, 2.75) is 39.7 Å². The number of nitrogens with one attached hydrogen (secondary N) is 2. The van der Waals surface area contributed by atoms with Gasteiger partial charge in [-0.05, 0) is 89.6 Å². The molecule has 0 bridgehead atoms. The summed E-state index contributed by atoms with van der Waals surface area (Å²) in [5.74, 6) is 1.67. The van der Waals surface area contributed by atoms with Crippen molar-refractivity contribution in [1.29, 1.82) is 0 Å². The van der Waals surface area contributed by atoms with Crippen LogP contribution in [-0.4, -0.2) is 56.0 Å². The van der Waals surface area contributed by atoms with Crippen molar-refractivity contribution in [2.24, 2.45) is 0 Å². The van der Waals surface area contributed by atoms with Gasteiger partial charge in [-0.2, -0.15) is 0 Å². The second-order valence-electron chi connectivity index (χ2n) is 10.4. The van der Waals surface area contributed by atoms with Crippen molar-refractivity contribution in [3.63, 3.8) is 0 Å². The number of aryl methyl sites for hydroxylation is 2. The first kappa shape index (κ1) is 25.2. The van der Waals surface area contributed by atoms with Crippen molar-refractivity contribution in [3.8, 4) is 11.5 Å². The highest BCUT2D eigenvalue weighted by Crippen LogP contribution is 2.58. The molecule has 0 atom stereocenters. The molecule has 37 heavy (non-hydrogen) atoms. The number of hydrogen-bond donors (Lipinski definition) is 2. The zero-order chi connectivity index (χ0) is 26.3. The molecule has 2 heterocycles. The van der Waals surface area contributed by atoms with Crippen molar-refractivity contribution in [2.75, 3.05) is 50.9 Å². The summed E-state index contributed by atoms with van der Waals surface area (Å²) in [6.45, 7) is 11.6. The minimum atomic E-state index is -0.756. The third-order valence-electron chi connectivity index (χ3n) is 7.57. The Balaban J connectivity index is 1.83. The fraction of sp³-hybridized carbons (Fsp3) is 0.387. The molecule has 0 aliphatic carbocycles. The molecule has 6 heteroatoms. The van der Waals surface area contributed by atoms with Crippen LogP contribution in [0.1, 0.15) is 58.4 Å². The Kier molecular flexibility index (Phi) is 6.63. The van der Waals surface area contributed by atoms with Gasteiger partial charge < -0.3 is 25.2 Å². The van der Waals surface area contributed by atoms with Crippen molar-refractivity contribution in [1.82, 2.24) is 9.80 Å². The number of anilines is 2. The number of nitrogens with zero attached hydrogens (tertiary/aromatic N) is 2. The Morgan fingerprint density at radius 3 is 1.97 bits per heavy atom. The van der Waals surface area contributed by atoms with Crippen LogP contribution >= 0.6 is 0 Å². The predicted octanol–water partition coefficient (Wildman–Crippen LogP) is 5.97. The van der Waals surface area contributed by atoms with E-state index in [2.05, 4.69) is 92.6 Å². The second kappa shape index (κ2) is 9.75. The standard InChI is InChI=1S/C31H38N4O2/c1-7-32-26-18-28-24(16-20(26)3)31(25-17-21(4)27(33-8-2)19-29(25)37-28)23-13-10-9-12-22(23)30(36)35(31)15-11-14-34(5)6/h9-10,12-13,16-19,32-33H,7-8,11,14-15H2,1-6H3. The number of benzene rings is 3. The molecule has 3 aromatic rings. The number of fused-ring (bicyclic) bond motifs is 6. The van der Waals surface area contributed by atoms with Gasteiger partial charge in [0.1, 0.15) is 17.0 Å². The van der Waals surface area contributed by atoms with Crippen molar-refractivity contribution in [3.05, 3.63) is 81.9 Å². The van der Waals surface area contributed by atoms with Gasteiger partial charge in [0.2, 0.25) is 0 Å². The first-order valence-electron chi connectivity index (χ1n) is 13.3. The fourth-order valence-electron chi connectivity index (χ4n) is 5.96. The summed E-state index contributed by atoms with van der Waals surface area (Å²) in [6, 6.07) is 16.8. The summed E-state index contributed by atoms with van der Waals surface area (Å²) in [5.41, 5.74) is 7.47. The van der Waals surface area contributed by atoms with Crippen LogP contribution in [0, 0.1) is 13.8 Å². The van der Waals surface area contributed by atoms with Crippen LogP contribution in [0.25, 0.3) is 0 Å². The van der Waals surface area contributed by atoms with Crippen LogP contribution in [0.3, 0.4) is 0 Å². The maximum Gasteiger partial charge on any atom is 0.255 e. The molecule has 0 radical (unpaired) electrons. The Bertz CT molecular complexity index is 1290. The van der Waals surface area contributed by atoms with E-state index in [-0.39, 0.29) is 5.91 Å². The summed E-state index contributed by atoms with van der Waals surface area (Å²) >= 11 is 0. The van der Waals surface area contributed by atoms with E-state index in [9.17, 15) is 4.79 Å². The van der Waals surface area contributed by atoms with Crippen molar-refractivity contribution >= 4 is 17.3 Å². The van der Waals surface area contributed by atoms with Crippen LogP contribution in [0.5, 0.6) is 11.5 Å². The molecule has 0 fully saturated rings. The van der Waals surface area contributed by atoms with Gasteiger partial charge in [0, 0.05) is 59.8 Å². The largest absolute Gasteiger partial charge is 0.456 e. The van der Waals surface area contributed by atoms with Gasteiger partial charge in [-0.25, -0.2) is 0 Å². The molecule has 0 unspecified atom stereocenters. The highest BCUT2D eigenvalue weighted by molar-refractivity contribution is 6.02. The topological polar surface area (TPSA) is 56.8 Å². The number of ether oxygens (including phenoxy) is 1. The number of hydrogen-bond acceptors (Lipinski definition) is 5. The normalized spacial score (nSPS) is 14.9. The fourth-order valence-corrected chi connectivity index (χ4v) is 5.96. The first-order chi connectivity index (χ1) is 17.8. The van der Waals surface area contributed by atoms with Gasteiger partial charge in [0.25, 0.3) is 5.91 Å². The average molecular weight is 499 g/mol. The number of amides is 1. The van der Waals surface area contributed by atoms with E-state index < -0.39 is 5.54 Å². The van der Waals surface area contributed by atoms with E-state index >= 15 is 0 Å². The molecular formula is C31H38N4O2. The minimum Gasteiger partial charge on any atom is -0.456 e. The number of carbonyl (C=O) groups is 1. The van der Waals surface area contributed by atoms with Gasteiger partial charge in [0.05, 0.1) is 0 Å². The second-order valence-corrected chi connectivity index (χ2v) is 10.4. The van der Waals surface area contributed by atoms with Crippen molar-refractivity contribution < 1.29 is 9.53 Å². The molecule has 194 valence electrons. The molecule has 2 aliphatic rings. The SMILES string of the molecule is CCNc1cc2c(cc1C)C1(c3cc(C)c(NCC)cc3O2)c2ccccc2C(=O)N1CCCN(C)C. The predicted molar refractivity (Wildman–Crippen MR) is 151 cm³/mol. The molecule has 5 rings (SSSR count). The Morgan fingerprint density at radius 2 is 1.43 bits per heavy atom. The number of carbonyl (C=O) groups excluding carboxylic acids is 1. The number of rotatable bonds is 8. The average Bonchev–Trinajstić information content (AvgIpc) is 3.11. The lowest BCUT2D eigenvalue weighted by Crippen LogP contribution is -2.48. The van der Waals surface area contributed by atoms with Crippen LogP contribution in [0.15, 0.2) is 48.5 Å². The van der Waals surface area contributed by atoms with E-state index in [1.54, 1.807) is 0 Å². The summed E-state index contributed by atoms with van der Waals surface area (Å²) in [4.78, 5) is 18.4. The Morgan fingerprint density at radius 1 is 0.865 bits per heavy atom. The van der Waals surface area contributed by atoms with E-state index in [0.717, 1.165) is 82.3 Å². The lowest BCUT2D eigenvalue weighted by atomic mass is 9.73. The maximum absolute atomic E-state index is 14.1. The minimum absolute atomic E-state index is 0.0787. The van der Waals surface area contributed by atoms with E-state index in [1.165, 1.54) is 0 Å². The van der Waals surface area contributed by atoms with Crippen LogP contribution in [0.4, 0.5) is 11.4 Å². The lowest BCUT2D eigenvalue weighted by molar-refractivity contribution is 0.0657. The maximum atomic E-state index is 14.1. The van der Waals surface area contributed by atoms with Crippen LogP contribution < -0.4 is 15.4 Å². The highest BCUT2D eigenvalue weighted by Gasteiger charge is 2.56. The Hall–Kier alpha value is -3.51. The van der Waals surface area contributed by atoms with Gasteiger partial charge in [-0.1, -0.05) is 18.2 Å². The molecule has 1 spiro atoms. The van der Waals surface area contributed by atoms with Gasteiger partial charge in [-0.3, -0.25) is 4.79 Å². The molecule has 0 saturated heterocycles. The third kappa shape index (κ3) is 3.95. The third-order valence-corrected chi connectivity index (χ3v) is 7.57. The van der Waals surface area contributed by atoms with Crippen LogP contribution in [-0.2, 0) is 5.54 Å². The summed E-state index contributed by atoms with van der Waals surface area (Å²) in [5, 5.41) is 6.95. The lowest BCUT2D eigenvalue weighted by Gasteiger charge is -2.45. The van der Waals surface area contributed by atoms with Gasteiger partial charge >= 0.3 is 0 Å². The summed E-state index contributed by atoms with van der Waals surface area (Å²) in [6.07, 6.45) is 0.878. The molecule has 1 amide bonds. The van der Waals surface area contributed by atoms with E-state index in [0.29, 0.717) is 6.54 Å². The summed E-state index contributed by atoms with van der Waals surface area (Å²) < 4.78 is 6.66. The van der Waals surface area contributed by atoms with E-state index in [1.807, 2.05) is 18.2 Å². The van der Waals surface area contributed by atoms with E-state index in [4.69, 9.17) is 4.74 Å². The zero-order valence-electron chi connectivity index (χ0n) is 22.9. The monoisotopic (exact) mass is 498 g/mol. The molecule has 0 saturated carbocycles. The van der Waals surface area contributed by atoms with Gasteiger partial charge in [0.15, 0.2) is 0 Å². The molecule has 2 aliphatic heterocycles. The molecule has 3 aromatic carbocycles. The Labute approximate surface area is 220 Å². The smallest absolute Gasteiger partial charge is 0.255 e. The molecule has 6 nitrogen and oxygen atoms in total. The van der Waals surface area contributed by atoms with Crippen LogP contribution in [0.2, 0.25) is 0 Å². The quantitative estimate of drug-likeness (QED) is 0.401. The summed E-state index contributed by atoms with van der Waals surface area (Å²) in [7, 11) is 4.15. The zero-order valence-corrected chi connectivity index (χ0v) is 22.9.